The lowest BCUT2D eigenvalue weighted by Crippen LogP contribution is -2.27. The third-order valence-electron chi connectivity index (χ3n) is 4.21. The first kappa shape index (κ1) is 20.7. The lowest BCUT2D eigenvalue weighted by Gasteiger charge is -2.14. The monoisotopic (exact) mass is 433 g/mol. The zero-order chi connectivity index (χ0) is 20.3. The highest BCUT2D eigenvalue weighted by molar-refractivity contribution is 8.26. The van der Waals surface area contributed by atoms with Crippen LogP contribution >= 0.6 is 35.6 Å². The molecule has 1 aliphatic rings. The minimum absolute atomic E-state index is 0.0904. The first-order valence-electron chi connectivity index (χ1n) is 8.74. The van der Waals surface area contributed by atoms with Gasteiger partial charge in [0.05, 0.1) is 17.0 Å². The third kappa shape index (κ3) is 4.51. The molecule has 0 radical (unpaired) electrons. The van der Waals surface area contributed by atoms with Crippen LogP contribution in [0.3, 0.4) is 0 Å². The summed E-state index contributed by atoms with van der Waals surface area (Å²) in [7, 11) is 1.56. The minimum atomic E-state index is -0.0904. The average molecular weight is 434 g/mol. The van der Waals surface area contributed by atoms with Crippen molar-refractivity contribution in [1.82, 2.24) is 4.90 Å². The van der Waals surface area contributed by atoms with Crippen molar-refractivity contribution in [1.29, 1.82) is 0 Å². The molecule has 4 nitrogen and oxygen atoms in total. The summed E-state index contributed by atoms with van der Waals surface area (Å²) in [5, 5.41) is 0.421. The Kier molecular flexibility index (Phi) is 6.65. The maximum absolute atomic E-state index is 12.4. The number of thioether (sulfide) groups is 1. The average Bonchev–Trinajstić information content (AvgIpc) is 2.93. The zero-order valence-electron chi connectivity index (χ0n) is 15.8. The minimum Gasteiger partial charge on any atom is -0.493 e. The van der Waals surface area contributed by atoms with Gasteiger partial charge in [0.1, 0.15) is 10.9 Å². The second-order valence-electron chi connectivity index (χ2n) is 6.24. The zero-order valence-corrected chi connectivity index (χ0v) is 18.2. The SMILES string of the molecule is CCN1C(=O)/C(=C/c2cc(Cl)c(OCc3cccc(C)c3)c(OC)c2)SC1=S. The number of methoxy groups -OCH3 is 1. The van der Waals surface area contributed by atoms with E-state index in [1.165, 1.54) is 17.3 Å². The fourth-order valence-electron chi connectivity index (χ4n) is 2.84. The standard InChI is InChI=1S/C21H20ClNO3S2/c1-4-23-20(24)18(28-21(23)27)11-15-9-16(22)19(17(10-15)25-3)26-12-14-7-5-6-13(2)8-14/h5-11H,4,12H2,1-3H3/b18-11-. The number of ether oxygens (including phenoxy) is 2. The number of halogens is 1. The molecule has 0 atom stereocenters. The van der Waals surface area contributed by atoms with Crippen molar-refractivity contribution < 1.29 is 14.3 Å². The van der Waals surface area contributed by atoms with Crippen LogP contribution in [0.25, 0.3) is 6.08 Å². The van der Waals surface area contributed by atoms with Crippen LogP contribution in [0.15, 0.2) is 41.3 Å². The molecule has 1 saturated heterocycles. The van der Waals surface area contributed by atoms with Gasteiger partial charge in [0, 0.05) is 6.54 Å². The molecule has 1 fully saturated rings. The number of hydrogen-bond donors (Lipinski definition) is 0. The lowest BCUT2D eigenvalue weighted by molar-refractivity contribution is -0.121. The van der Waals surface area contributed by atoms with Crippen LogP contribution < -0.4 is 9.47 Å². The Morgan fingerprint density at radius 3 is 2.71 bits per heavy atom. The van der Waals surface area contributed by atoms with Crippen molar-refractivity contribution in [2.45, 2.75) is 20.5 Å². The van der Waals surface area contributed by atoms with Gasteiger partial charge in [-0.1, -0.05) is 65.4 Å². The van der Waals surface area contributed by atoms with Crippen LogP contribution in [0.1, 0.15) is 23.6 Å². The Morgan fingerprint density at radius 1 is 1.29 bits per heavy atom. The number of thiocarbonyl (C=S) groups is 1. The van der Waals surface area contributed by atoms with Gasteiger partial charge in [0.25, 0.3) is 5.91 Å². The number of benzene rings is 2. The molecule has 2 aromatic rings. The summed E-state index contributed by atoms with van der Waals surface area (Å²) < 4.78 is 12.0. The molecule has 3 rings (SSSR count). The summed E-state index contributed by atoms with van der Waals surface area (Å²) in [4.78, 5) is 14.5. The molecular weight excluding hydrogens is 414 g/mol. The summed E-state index contributed by atoms with van der Waals surface area (Å²) >= 11 is 13.0. The van der Waals surface area contributed by atoms with Crippen molar-refractivity contribution in [2.24, 2.45) is 0 Å². The number of rotatable bonds is 6. The molecule has 1 amide bonds. The Bertz CT molecular complexity index is 959. The van der Waals surface area contributed by atoms with Crippen molar-refractivity contribution >= 4 is 51.9 Å². The fraction of sp³-hybridized carbons (Fsp3) is 0.238. The highest BCUT2D eigenvalue weighted by Gasteiger charge is 2.30. The van der Waals surface area contributed by atoms with E-state index < -0.39 is 0 Å². The number of likely N-dealkylation sites (N-methyl/N-ethyl adjacent to an activating group) is 1. The van der Waals surface area contributed by atoms with E-state index in [0.717, 1.165) is 11.1 Å². The Morgan fingerprint density at radius 2 is 2.07 bits per heavy atom. The van der Waals surface area contributed by atoms with Gasteiger partial charge in [-0.2, -0.15) is 0 Å². The van der Waals surface area contributed by atoms with E-state index in [9.17, 15) is 4.79 Å². The van der Waals surface area contributed by atoms with Crippen molar-refractivity contribution in [3.63, 3.8) is 0 Å². The summed E-state index contributed by atoms with van der Waals surface area (Å²) in [5.74, 6) is 0.897. The molecule has 0 aromatic heterocycles. The Labute approximate surface area is 179 Å². The third-order valence-corrected chi connectivity index (χ3v) is 5.86. The summed E-state index contributed by atoms with van der Waals surface area (Å²) in [5.41, 5.74) is 2.96. The van der Waals surface area contributed by atoms with E-state index in [1.807, 2.05) is 32.0 Å². The summed E-state index contributed by atoms with van der Waals surface area (Å²) in [6.45, 7) is 4.87. The van der Waals surface area contributed by atoms with Crippen LogP contribution in [-0.2, 0) is 11.4 Å². The van der Waals surface area contributed by atoms with Crippen LogP contribution in [-0.4, -0.2) is 28.8 Å². The van der Waals surface area contributed by atoms with Gasteiger partial charge in [-0.05, 0) is 43.2 Å². The van der Waals surface area contributed by atoms with Crippen LogP contribution in [0.4, 0.5) is 0 Å². The predicted molar refractivity (Wildman–Crippen MR) is 119 cm³/mol. The largest absolute Gasteiger partial charge is 0.493 e. The van der Waals surface area contributed by atoms with Gasteiger partial charge in [0.2, 0.25) is 0 Å². The van der Waals surface area contributed by atoms with Crippen LogP contribution in [0.5, 0.6) is 11.5 Å². The smallest absolute Gasteiger partial charge is 0.266 e. The van der Waals surface area contributed by atoms with Crippen molar-refractivity contribution in [3.8, 4) is 11.5 Å². The maximum Gasteiger partial charge on any atom is 0.266 e. The van der Waals surface area contributed by atoms with E-state index in [0.29, 0.717) is 38.9 Å². The van der Waals surface area contributed by atoms with E-state index >= 15 is 0 Å². The van der Waals surface area contributed by atoms with Crippen molar-refractivity contribution in [2.75, 3.05) is 13.7 Å². The number of nitrogens with zero attached hydrogens (tertiary/aromatic N) is 1. The van der Waals surface area contributed by atoms with Crippen LogP contribution in [0, 0.1) is 6.92 Å². The molecule has 2 aromatic carbocycles. The number of carbonyl (C=O) groups is 1. The number of carbonyl (C=O) groups excluding carboxylic acids is 1. The number of hydrogen-bond acceptors (Lipinski definition) is 5. The van der Waals surface area contributed by atoms with Gasteiger partial charge in [0.15, 0.2) is 11.5 Å². The highest BCUT2D eigenvalue weighted by Crippen LogP contribution is 2.39. The molecule has 0 aliphatic carbocycles. The number of aryl methyl sites for hydroxylation is 1. The predicted octanol–water partition coefficient (Wildman–Crippen LogP) is 5.46. The molecule has 1 heterocycles. The van der Waals surface area contributed by atoms with Gasteiger partial charge in [-0.15, -0.1) is 0 Å². The maximum atomic E-state index is 12.4. The summed E-state index contributed by atoms with van der Waals surface area (Å²) in [6, 6.07) is 11.6. The first-order chi connectivity index (χ1) is 13.4. The second kappa shape index (κ2) is 8.99. The molecule has 0 spiro atoms. The molecule has 1 aliphatic heterocycles. The topological polar surface area (TPSA) is 38.8 Å². The molecule has 28 heavy (non-hydrogen) atoms. The van der Waals surface area contributed by atoms with E-state index in [2.05, 4.69) is 6.07 Å². The number of amides is 1. The molecular formula is C21H20ClNO3S2. The first-order valence-corrected chi connectivity index (χ1v) is 10.3. The highest BCUT2D eigenvalue weighted by atomic mass is 35.5. The van der Waals surface area contributed by atoms with Gasteiger partial charge in [-0.25, -0.2) is 0 Å². The second-order valence-corrected chi connectivity index (χ2v) is 8.32. The van der Waals surface area contributed by atoms with Gasteiger partial charge < -0.3 is 9.47 Å². The molecule has 0 bridgehead atoms. The molecule has 0 N–H and O–H groups in total. The lowest BCUT2D eigenvalue weighted by atomic mass is 10.1. The van der Waals surface area contributed by atoms with Gasteiger partial charge >= 0.3 is 0 Å². The Hall–Kier alpha value is -2.02. The molecule has 0 saturated carbocycles. The van der Waals surface area contributed by atoms with E-state index in [1.54, 1.807) is 30.2 Å². The Balaban J connectivity index is 1.85. The van der Waals surface area contributed by atoms with Crippen molar-refractivity contribution in [3.05, 3.63) is 63.0 Å². The normalized spacial score (nSPS) is 15.4. The fourth-order valence-corrected chi connectivity index (χ4v) is 4.50. The van der Waals surface area contributed by atoms with Gasteiger partial charge in [-0.3, -0.25) is 9.69 Å². The summed E-state index contributed by atoms with van der Waals surface area (Å²) in [6.07, 6.45) is 1.77. The van der Waals surface area contributed by atoms with E-state index in [4.69, 9.17) is 33.3 Å². The van der Waals surface area contributed by atoms with E-state index in [-0.39, 0.29) is 5.91 Å². The molecule has 0 unspecified atom stereocenters. The molecule has 146 valence electrons. The molecule has 7 heteroatoms. The quantitative estimate of drug-likeness (QED) is 0.447. The van der Waals surface area contributed by atoms with Crippen LogP contribution in [0.2, 0.25) is 5.02 Å².